The van der Waals surface area contributed by atoms with Crippen molar-refractivity contribution in [3.8, 4) is 0 Å². The van der Waals surface area contributed by atoms with Crippen LogP contribution in [0.1, 0.15) is 31.0 Å². The Morgan fingerprint density at radius 2 is 2.08 bits per heavy atom. The molecule has 0 bridgehead atoms. The average Bonchev–Trinajstić information content (AvgIpc) is 2.13. The second-order valence-corrected chi connectivity index (χ2v) is 5.70. The summed E-state index contributed by atoms with van der Waals surface area (Å²) in [5.74, 6) is 1.09. The maximum absolute atomic E-state index is 6.20. The molecule has 0 spiro atoms. The van der Waals surface area contributed by atoms with E-state index in [9.17, 15) is 0 Å². The number of benzene rings is 1. The van der Waals surface area contributed by atoms with Gasteiger partial charge in [0.25, 0.3) is 0 Å². The summed E-state index contributed by atoms with van der Waals surface area (Å²) < 4.78 is 0.175. The van der Waals surface area contributed by atoms with Crippen LogP contribution in [-0.2, 0) is 5.75 Å². The predicted molar refractivity (Wildman–Crippen MR) is 58.7 cm³/mol. The normalized spacial score (nSPS) is 25.3. The molecule has 2 rings (SSSR count). The van der Waals surface area contributed by atoms with Gasteiger partial charge < -0.3 is 5.73 Å². The van der Waals surface area contributed by atoms with Crippen molar-refractivity contribution < 1.29 is 0 Å². The van der Waals surface area contributed by atoms with Crippen LogP contribution in [0.15, 0.2) is 24.3 Å². The highest BCUT2D eigenvalue weighted by Gasteiger charge is 2.33. The van der Waals surface area contributed by atoms with Crippen molar-refractivity contribution in [1.29, 1.82) is 0 Å². The zero-order chi connectivity index (χ0) is 9.47. The summed E-state index contributed by atoms with van der Waals surface area (Å²) >= 11 is 1.95. The summed E-state index contributed by atoms with van der Waals surface area (Å²) in [6.45, 7) is 4.44. The van der Waals surface area contributed by atoms with Gasteiger partial charge in [-0.25, -0.2) is 0 Å². The largest absolute Gasteiger partial charge is 0.323 e. The smallest absolute Gasteiger partial charge is 0.0441 e. The Bertz CT molecular complexity index is 320. The number of fused-ring (bicyclic) bond motifs is 1. The van der Waals surface area contributed by atoms with Crippen LogP contribution in [0.5, 0.6) is 0 Å². The lowest BCUT2D eigenvalue weighted by Crippen LogP contribution is -2.35. The highest BCUT2D eigenvalue weighted by atomic mass is 32.2. The van der Waals surface area contributed by atoms with Gasteiger partial charge in [0.2, 0.25) is 0 Å². The van der Waals surface area contributed by atoms with Crippen LogP contribution < -0.4 is 5.73 Å². The minimum absolute atomic E-state index is 0.169. The maximum atomic E-state index is 6.20. The van der Waals surface area contributed by atoms with Gasteiger partial charge in [-0.05, 0) is 25.0 Å². The van der Waals surface area contributed by atoms with Crippen molar-refractivity contribution in [3.05, 3.63) is 35.4 Å². The van der Waals surface area contributed by atoms with Crippen LogP contribution in [0.25, 0.3) is 0 Å². The van der Waals surface area contributed by atoms with Gasteiger partial charge in [0.1, 0.15) is 0 Å². The molecule has 1 unspecified atom stereocenters. The second-order valence-electron chi connectivity index (χ2n) is 4.07. The van der Waals surface area contributed by atoms with E-state index in [-0.39, 0.29) is 10.8 Å². The molecule has 1 aromatic carbocycles. The number of rotatable bonds is 0. The van der Waals surface area contributed by atoms with Gasteiger partial charge in [-0.1, -0.05) is 24.3 Å². The maximum Gasteiger partial charge on any atom is 0.0441 e. The molecule has 0 radical (unpaired) electrons. The SMILES string of the molecule is CC1(C)SCc2ccccc2C1N. The lowest BCUT2D eigenvalue weighted by Gasteiger charge is -2.37. The molecule has 70 valence electrons. The zero-order valence-corrected chi connectivity index (χ0v) is 8.90. The number of hydrogen-bond donors (Lipinski definition) is 1. The quantitative estimate of drug-likeness (QED) is 0.685. The first-order valence-electron chi connectivity index (χ1n) is 4.58. The number of hydrogen-bond acceptors (Lipinski definition) is 2. The molecule has 2 heteroatoms. The van der Waals surface area contributed by atoms with Crippen molar-refractivity contribution in [1.82, 2.24) is 0 Å². The molecule has 0 aliphatic carbocycles. The molecule has 13 heavy (non-hydrogen) atoms. The minimum Gasteiger partial charge on any atom is -0.323 e. The Balaban J connectivity index is 2.45. The van der Waals surface area contributed by atoms with E-state index in [4.69, 9.17) is 5.73 Å². The minimum atomic E-state index is 0.169. The first-order valence-corrected chi connectivity index (χ1v) is 5.57. The van der Waals surface area contributed by atoms with E-state index >= 15 is 0 Å². The topological polar surface area (TPSA) is 26.0 Å². The van der Waals surface area contributed by atoms with Gasteiger partial charge in [-0.3, -0.25) is 0 Å². The van der Waals surface area contributed by atoms with Crippen LogP contribution in [0, 0.1) is 0 Å². The van der Waals surface area contributed by atoms with Crippen molar-refractivity contribution in [3.63, 3.8) is 0 Å². The molecule has 2 N–H and O–H groups in total. The Morgan fingerprint density at radius 3 is 2.85 bits per heavy atom. The lowest BCUT2D eigenvalue weighted by atomic mass is 9.92. The van der Waals surface area contributed by atoms with Gasteiger partial charge in [-0.15, -0.1) is 11.8 Å². The molecular formula is C11H15NS. The molecule has 0 fully saturated rings. The summed E-state index contributed by atoms with van der Waals surface area (Å²) in [4.78, 5) is 0. The monoisotopic (exact) mass is 193 g/mol. The van der Waals surface area contributed by atoms with E-state index in [1.807, 2.05) is 11.8 Å². The van der Waals surface area contributed by atoms with E-state index in [0.717, 1.165) is 5.75 Å². The van der Waals surface area contributed by atoms with Crippen molar-refractivity contribution in [2.24, 2.45) is 5.73 Å². The van der Waals surface area contributed by atoms with E-state index in [0.29, 0.717) is 0 Å². The molecule has 1 aromatic rings. The van der Waals surface area contributed by atoms with Gasteiger partial charge in [0.15, 0.2) is 0 Å². The summed E-state index contributed by atoms with van der Waals surface area (Å²) in [7, 11) is 0. The van der Waals surface area contributed by atoms with Crippen LogP contribution in [0.3, 0.4) is 0 Å². The molecular weight excluding hydrogens is 178 g/mol. The molecule has 1 aliphatic rings. The van der Waals surface area contributed by atoms with Gasteiger partial charge in [0.05, 0.1) is 0 Å². The molecule has 1 nitrogen and oxygen atoms in total. The molecule has 0 saturated heterocycles. The van der Waals surface area contributed by atoms with Crippen molar-refractivity contribution in [2.45, 2.75) is 30.4 Å². The zero-order valence-electron chi connectivity index (χ0n) is 8.08. The standard InChI is InChI=1S/C11H15NS/c1-11(2)10(12)9-6-4-3-5-8(9)7-13-11/h3-6,10H,7,12H2,1-2H3. The van der Waals surface area contributed by atoms with E-state index in [1.165, 1.54) is 11.1 Å². The van der Waals surface area contributed by atoms with Crippen LogP contribution in [-0.4, -0.2) is 4.75 Å². The first-order chi connectivity index (χ1) is 6.11. The lowest BCUT2D eigenvalue weighted by molar-refractivity contribution is 0.552. The molecule has 1 aliphatic heterocycles. The van der Waals surface area contributed by atoms with Crippen molar-refractivity contribution in [2.75, 3.05) is 0 Å². The third-order valence-corrected chi connectivity index (χ3v) is 4.19. The van der Waals surface area contributed by atoms with E-state index in [1.54, 1.807) is 0 Å². The third-order valence-electron chi connectivity index (χ3n) is 2.74. The predicted octanol–water partition coefficient (Wildman–Crippen LogP) is 2.71. The highest BCUT2D eigenvalue weighted by Crippen LogP contribution is 2.43. The summed E-state index contributed by atoms with van der Waals surface area (Å²) in [5, 5.41) is 0. The fraction of sp³-hybridized carbons (Fsp3) is 0.455. The van der Waals surface area contributed by atoms with Crippen LogP contribution in [0.2, 0.25) is 0 Å². The van der Waals surface area contributed by atoms with E-state index < -0.39 is 0 Å². The van der Waals surface area contributed by atoms with Gasteiger partial charge in [-0.2, -0.15) is 0 Å². The first kappa shape index (κ1) is 9.10. The fourth-order valence-corrected chi connectivity index (χ4v) is 2.79. The summed E-state index contributed by atoms with van der Waals surface area (Å²) in [6, 6.07) is 8.66. The van der Waals surface area contributed by atoms with Gasteiger partial charge >= 0.3 is 0 Å². The Labute approximate surface area is 83.7 Å². The number of thioether (sulfide) groups is 1. The highest BCUT2D eigenvalue weighted by molar-refractivity contribution is 7.99. The summed E-state index contributed by atoms with van der Waals surface area (Å²) in [6.07, 6.45) is 0. The molecule has 1 heterocycles. The average molecular weight is 193 g/mol. The molecule has 1 atom stereocenters. The Kier molecular flexibility index (Phi) is 2.12. The number of nitrogens with two attached hydrogens (primary N) is 1. The molecule has 0 saturated carbocycles. The van der Waals surface area contributed by atoms with E-state index in [2.05, 4.69) is 38.1 Å². The third kappa shape index (κ3) is 1.49. The molecule has 0 aromatic heterocycles. The second kappa shape index (κ2) is 3.03. The van der Waals surface area contributed by atoms with Crippen molar-refractivity contribution >= 4 is 11.8 Å². The molecule has 0 amide bonds. The fourth-order valence-electron chi connectivity index (χ4n) is 1.70. The van der Waals surface area contributed by atoms with Crippen LogP contribution in [0.4, 0.5) is 0 Å². The Morgan fingerprint density at radius 1 is 1.38 bits per heavy atom. The van der Waals surface area contributed by atoms with Gasteiger partial charge in [0, 0.05) is 16.5 Å². The van der Waals surface area contributed by atoms with Crippen LogP contribution >= 0.6 is 11.8 Å². The summed E-state index contributed by atoms with van der Waals surface area (Å²) in [5.41, 5.74) is 8.93. The Hall–Kier alpha value is -0.470.